The molecular formula is C31H31N7O4S. The summed E-state index contributed by atoms with van der Waals surface area (Å²) in [6, 6.07) is 14.2. The lowest BCUT2D eigenvalue weighted by atomic mass is 9.70. The molecule has 2 aliphatic rings. The zero-order chi connectivity index (χ0) is 30.5. The number of nitrogens with one attached hydrogen (secondary N) is 1. The highest BCUT2D eigenvalue weighted by molar-refractivity contribution is 7.15. The molecule has 2 aliphatic heterocycles. The Bertz CT molecular complexity index is 1750. The Morgan fingerprint density at radius 3 is 2.35 bits per heavy atom. The molecule has 43 heavy (non-hydrogen) atoms. The van der Waals surface area contributed by atoms with Gasteiger partial charge in [-0.1, -0.05) is 49.4 Å². The number of carbonyl (C=O) groups excluding carboxylic acids is 3. The molecule has 0 radical (unpaired) electrons. The minimum atomic E-state index is -0.937. The summed E-state index contributed by atoms with van der Waals surface area (Å²) < 4.78 is 6.23. The molecule has 4 aromatic rings. The first kappa shape index (κ1) is 28.4. The van der Waals surface area contributed by atoms with Crippen LogP contribution in [0.2, 0.25) is 0 Å². The highest BCUT2D eigenvalue weighted by Crippen LogP contribution is 2.51. The van der Waals surface area contributed by atoms with E-state index in [1.807, 2.05) is 64.1 Å². The van der Waals surface area contributed by atoms with Gasteiger partial charge >= 0.3 is 0 Å². The molecule has 12 heteroatoms. The molecule has 1 fully saturated rings. The third-order valence-electron chi connectivity index (χ3n) is 8.06. The number of ether oxygens (including phenoxy) is 1. The van der Waals surface area contributed by atoms with Crippen molar-refractivity contribution in [1.29, 1.82) is 0 Å². The maximum Gasteiger partial charge on any atom is 0.254 e. The summed E-state index contributed by atoms with van der Waals surface area (Å²) in [5.74, 6) is -0.559. The number of hydrogen-bond donors (Lipinski definition) is 2. The molecule has 0 unspecified atom stereocenters. The van der Waals surface area contributed by atoms with Crippen LogP contribution in [0.4, 0.5) is 5.13 Å². The van der Waals surface area contributed by atoms with Gasteiger partial charge in [0.2, 0.25) is 28.7 Å². The second-order valence-corrected chi connectivity index (χ2v) is 12.6. The molecule has 1 aromatic carbocycles. The molecule has 11 nitrogen and oxygen atoms in total. The molecule has 3 amide bonds. The lowest BCUT2D eigenvalue weighted by molar-refractivity contribution is -0.124. The predicted octanol–water partition coefficient (Wildman–Crippen LogP) is 4.60. The van der Waals surface area contributed by atoms with Crippen LogP contribution in [0.15, 0.2) is 48.5 Å². The molecule has 1 saturated heterocycles. The number of nitrogens with zero attached hydrogens (tertiary/aromatic N) is 5. The number of anilines is 1. The lowest BCUT2D eigenvalue weighted by Gasteiger charge is -2.37. The first-order chi connectivity index (χ1) is 20.5. The summed E-state index contributed by atoms with van der Waals surface area (Å²) in [6.07, 6.45) is 1.33. The number of likely N-dealkylation sites (tertiary alicyclic amines) is 1. The molecule has 6 rings (SSSR count). The van der Waals surface area contributed by atoms with Crippen LogP contribution >= 0.6 is 11.3 Å². The van der Waals surface area contributed by atoms with Crippen molar-refractivity contribution in [2.45, 2.75) is 52.5 Å². The largest absolute Gasteiger partial charge is 0.420 e. The van der Waals surface area contributed by atoms with E-state index in [0.717, 1.165) is 33.8 Å². The first-order valence-electron chi connectivity index (χ1n) is 14.0. The molecule has 3 aromatic heterocycles. The molecule has 3 N–H and O–H groups in total. The minimum Gasteiger partial charge on any atom is -0.420 e. The number of carbonyl (C=O) groups is 3. The van der Waals surface area contributed by atoms with Gasteiger partial charge in [-0.25, -0.2) is 9.97 Å². The van der Waals surface area contributed by atoms with Gasteiger partial charge in [0.15, 0.2) is 0 Å². The minimum absolute atomic E-state index is 0.214. The highest BCUT2D eigenvalue weighted by atomic mass is 32.1. The van der Waals surface area contributed by atoms with E-state index >= 15 is 0 Å². The van der Waals surface area contributed by atoms with Crippen LogP contribution in [0.3, 0.4) is 0 Å². The van der Waals surface area contributed by atoms with Crippen molar-refractivity contribution in [3.63, 3.8) is 0 Å². The molecule has 220 valence electrons. The Morgan fingerprint density at radius 1 is 0.977 bits per heavy atom. The van der Waals surface area contributed by atoms with E-state index in [0.29, 0.717) is 41.1 Å². The number of benzene rings is 1. The van der Waals surface area contributed by atoms with Crippen LogP contribution in [0, 0.1) is 19.3 Å². The second kappa shape index (κ2) is 10.8. The fourth-order valence-corrected chi connectivity index (χ4v) is 6.37. The molecule has 5 heterocycles. The van der Waals surface area contributed by atoms with Crippen molar-refractivity contribution >= 4 is 34.2 Å². The standard InChI is InChI=1S/C31H31N7O4S/c1-16-7-12-20-24(31(3,4)29(41)35-30-37-36-17(2)43-30)21-13-14-22(34-27(21)42-26(20)33-16)18-8-10-19(11-9-18)28(40)38-15-5-6-23(38)25(32)39/h7-14,23-24H,5-6,15H2,1-4H3,(H2,32,39)(H,35,37,41)/t23-,24+/m1/s1. The van der Waals surface area contributed by atoms with Gasteiger partial charge in [-0.2, -0.15) is 0 Å². The van der Waals surface area contributed by atoms with Crippen molar-refractivity contribution in [3.05, 3.63) is 75.9 Å². The number of pyridine rings is 2. The Morgan fingerprint density at radius 2 is 1.67 bits per heavy atom. The van der Waals surface area contributed by atoms with Crippen LogP contribution in [-0.2, 0) is 9.59 Å². The van der Waals surface area contributed by atoms with Crippen molar-refractivity contribution in [2.75, 3.05) is 11.9 Å². The summed E-state index contributed by atoms with van der Waals surface area (Å²) >= 11 is 1.31. The molecule has 0 saturated carbocycles. The van der Waals surface area contributed by atoms with E-state index < -0.39 is 23.3 Å². The van der Waals surface area contributed by atoms with Gasteiger partial charge in [0.05, 0.1) is 11.1 Å². The van der Waals surface area contributed by atoms with Crippen molar-refractivity contribution in [1.82, 2.24) is 25.1 Å². The fraction of sp³-hybridized carbons (Fsp3) is 0.323. The number of aromatic nitrogens is 4. The van der Waals surface area contributed by atoms with Gasteiger partial charge in [-0.15, -0.1) is 10.2 Å². The number of nitrogens with two attached hydrogens (primary N) is 1. The van der Waals surface area contributed by atoms with Crippen LogP contribution in [0.5, 0.6) is 11.8 Å². The van der Waals surface area contributed by atoms with E-state index in [4.69, 9.17) is 15.5 Å². The highest BCUT2D eigenvalue weighted by Gasteiger charge is 2.45. The van der Waals surface area contributed by atoms with Gasteiger partial charge in [0.25, 0.3) is 5.91 Å². The second-order valence-electron chi connectivity index (χ2n) is 11.4. The quantitative estimate of drug-likeness (QED) is 0.327. The number of rotatable bonds is 6. The Balaban J connectivity index is 1.32. The zero-order valence-corrected chi connectivity index (χ0v) is 25.1. The average molecular weight is 598 g/mol. The molecular weight excluding hydrogens is 566 g/mol. The van der Waals surface area contributed by atoms with Gasteiger partial charge in [0.1, 0.15) is 11.0 Å². The number of amides is 3. The van der Waals surface area contributed by atoms with E-state index in [2.05, 4.69) is 20.5 Å². The van der Waals surface area contributed by atoms with Gasteiger partial charge in [-0.05, 0) is 51.0 Å². The smallest absolute Gasteiger partial charge is 0.254 e. The zero-order valence-electron chi connectivity index (χ0n) is 24.2. The molecule has 0 aliphatic carbocycles. The Labute approximate surface area is 252 Å². The summed E-state index contributed by atoms with van der Waals surface area (Å²) in [5.41, 5.74) is 8.78. The topological polar surface area (TPSA) is 153 Å². The van der Waals surface area contributed by atoms with Gasteiger partial charge in [0, 0.05) is 40.4 Å². The Hall–Kier alpha value is -4.71. The number of fused-ring (bicyclic) bond motifs is 2. The van der Waals surface area contributed by atoms with Crippen LogP contribution in [0.1, 0.15) is 64.8 Å². The molecule has 0 spiro atoms. The number of hydrogen-bond acceptors (Lipinski definition) is 9. The van der Waals surface area contributed by atoms with Gasteiger partial charge in [-0.3, -0.25) is 14.4 Å². The van der Waals surface area contributed by atoms with E-state index in [1.165, 1.54) is 11.3 Å². The average Bonchev–Trinajstić information content (AvgIpc) is 3.64. The van der Waals surface area contributed by atoms with Crippen molar-refractivity contribution < 1.29 is 19.1 Å². The number of primary amides is 1. The third-order valence-corrected chi connectivity index (χ3v) is 8.81. The SMILES string of the molecule is Cc1ccc2c(n1)Oc1nc(-c3ccc(C(=O)N4CCC[C@@H]4C(N)=O)cc3)ccc1[C@H]2C(C)(C)C(=O)Nc1nnc(C)s1. The van der Waals surface area contributed by atoms with E-state index in [-0.39, 0.29) is 11.8 Å². The predicted molar refractivity (Wildman–Crippen MR) is 161 cm³/mol. The third kappa shape index (κ3) is 5.22. The van der Waals surface area contributed by atoms with Crippen molar-refractivity contribution in [2.24, 2.45) is 11.1 Å². The fourth-order valence-electron chi connectivity index (χ4n) is 5.79. The van der Waals surface area contributed by atoms with Gasteiger partial charge < -0.3 is 20.7 Å². The van der Waals surface area contributed by atoms with Crippen LogP contribution in [0.25, 0.3) is 11.3 Å². The van der Waals surface area contributed by atoms with Crippen LogP contribution in [-0.4, -0.2) is 55.4 Å². The number of aryl methyl sites for hydroxylation is 2. The summed E-state index contributed by atoms with van der Waals surface area (Å²) in [7, 11) is 0. The van der Waals surface area contributed by atoms with Crippen LogP contribution < -0.4 is 15.8 Å². The lowest BCUT2D eigenvalue weighted by Crippen LogP contribution is -2.43. The summed E-state index contributed by atoms with van der Waals surface area (Å²) in [4.78, 5) is 49.5. The van der Waals surface area contributed by atoms with E-state index in [9.17, 15) is 14.4 Å². The summed E-state index contributed by atoms with van der Waals surface area (Å²) in [6.45, 7) is 7.98. The maximum absolute atomic E-state index is 13.6. The van der Waals surface area contributed by atoms with E-state index in [1.54, 1.807) is 17.0 Å². The molecule has 0 bridgehead atoms. The monoisotopic (exact) mass is 597 g/mol. The maximum atomic E-state index is 13.6. The Kier molecular flexibility index (Phi) is 7.17. The molecule has 2 atom stereocenters. The van der Waals surface area contributed by atoms with Crippen molar-refractivity contribution in [3.8, 4) is 23.0 Å². The first-order valence-corrected chi connectivity index (χ1v) is 14.8. The normalized spacial score (nSPS) is 17.5. The summed E-state index contributed by atoms with van der Waals surface area (Å²) in [5, 5.41) is 12.2.